The van der Waals surface area contributed by atoms with Crippen LogP contribution in [-0.2, 0) is 9.47 Å². The SMILES string of the molecule is [N-]=[N+]=NC1C2COC(O2)C(NC(=O)c2ccccc2)C1O. The van der Waals surface area contributed by atoms with Gasteiger partial charge in [-0.2, -0.15) is 0 Å². The number of hydrogen-bond acceptors (Lipinski definition) is 5. The van der Waals surface area contributed by atoms with Gasteiger partial charge in [0.05, 0.1) is 24.9 Å². The van der Waals surface area contributed by atoms with Crippen molar-refractivity contribution >= 4 is 5.91 Å². The van der Waals surface area contributed by atoms with Crippen molar-refractivity contribution in [2.45, 2.75) is 30.6 Å². The van der Waals surface area contributed by atoms with E-state index in [0.29, 0.717) is 5.56 Å². The van der Waals surface area contributed by atoms with Crippen LogP contribution in [-0.4, -0.2) is 48.2 Å². The first kappa shape index (κ1) is 13.8. The zero-order chi connectivity index (χ0) is 14.8. The van der Waals surface area contributed by atoms with Gasteiger partial charge in [-0.3, -0.25) is 4.79 Å². The molecule has 0 aliphatic carbocycles. The first-order valence-corrected chi connectivity index (χ1v) is 6.56. The summed E-state index contributed by atoms with van der Waals surface area (Å²) >= 11 is 0. The molecule has 2 aliphatic rings. The molecule has 0 spiro atoms. The Morgan fingerprint density at radius 1 is 1.43 bits per heavy atom. The Hall–Kier alpha value is -2.12. The average molecular weight is 290 g/mol. The fourth-order valence-electron chi connectivity index (χ4n) is 2.58. The summed E-state index contributed by atoms with van der Waals surface area (Å²) in [7, 11) is 0. The normalized spacial score (nSPS) is 34.0. The van der Waals surface area contributed by atoms with Gasteiger partial charge in [0, 0.05) is 10.5 Å². The summed E-state index contributed by atoms with van der Waals surface area (Å²) in [6.45, 7) is 0.225. The lowest BCUT2D eigenvalue weighted by molar-refractivity contribution is -0.144. The maximum absolute atomic E-state index is 12.2. The number of carbonyl (C=O) groups is 1. The Bertz CT molecular complexity index is 575. The van der Waals surface area contributed by atoms with E-state index in [1.807, 2.05) is 0 Å². The van der Waals surface area contributed by atoms with Gasteiger partial charge in [0.15, 0.2) is 6.29 Å². The molecule has 1 amide bonds. The van der Waals surface area contributed by atoms with Crippen molar-refractivity contribution in [2.75, 3.05) is 6.61 Å². The van der Waals surface area contributed by atoms with Crippen molar-refractivity contribution in [3.63, 3.8) is 0 Å². The van der Waals surface area contributed by atoms with Crippen LogP contribution in [0.2, 0.25) is 0 Å². The fraction of sp³-hybridized carbons (Fsp3) is 0.462. The molecule has 2 saturated heterocycles. The van der Waals surface area contributed by atoms with E-state index in [9.17, 15) is 9.90 Å². The predicted octanol–water partition coefficient (Wildman–Crippen LogP) is 0.580. The first-order valence-electron chi connectivity index (χ1n) is 6.56. The van der Waals surface area contributed by atoms with E-state index in [1.165, 1.54) is 0 Å². The number of fused-ring (bicyclic) bond motifs is 2. The molecule has 2 heterocycles. The third-order valence-corrected chi connectivity index (χ3v) is 3.64. The van der Waals surface area contributed by atoms with E-state index in [-0.39, 0.29) is 12.5 Å². The van der Waals surface area contributed by atoms with Crippen LogP contribution in [0.4, 0.5) is 0 Å². The lowest BCUT2D eigenvalue weighted by Crippen LogP contribution is -2.60. The summed E-state index contributed by atoms with van der Waals surface area (Å²) < 4.78 is 10.9. The zero-order valence-electron chi connectivity index (χ0n) is 11.0. The Balaban J connectivity index is 1.77. The first-order chi connectivity index (χ1) is 10.2. The quantitative estimate of drug-likeness (QED) is 0.481. The molecule has 0 radical (unpaired) electrons. The highest BCUT2D eigenvalue weighted by Gasteiger charge is 2.50. The van der Waals surface area contributed by atoms with Gasteiger partial charge in [-0.05, 0) is 17.7 Å². The van der Waals surface area contributed by atoms with Crippen LogP contribution in [0.25, 0.3) is 10.4 Å². The maximum Gasteiger partial charge on any atom is 0.251 e. The van der Waals surface area contributed by atoms with Crippen LogP contribution in [0.15, 0.2) is 35.4 Å². The number of azide groups is 1. The maximum atomic E-state index is 12.2. The number of nitrogens with zero attached hydrogens (tertiary/aromatic N) is 3. The molecule has 110 valence electrons. The highest BCUT2D eigenvalue weighted by atomic mass is 16.7. The number of hydrogen-bond donors (Lipinski definition) is 2. The summed E-state index contributed by atoms with van der Waals surface area (Å²) in [5.41, 5.74) is 9.04. The van der Waals surface area contributed by atoms with Crippen LogP contribution >= 0.6 is 0 Å². The van der Waals surface area contributed by atoms with Gasteiger partial charge in [-0.15, -0.1) is 0 Å². The second-order valence-corrected chi connectivity index (χ2v) is 4.93. The summed E-state index contributed by atoms with van der Waals surface area (Å²) in [5.74, 6) is -0.350. The van der Waals surface area contributed by atoms with Gasteiger partial charge in [0.1, 0.15) is 6.04 Å². The molecular weight excluding hydrogens is 276 g/mol. The Kier molecular flexibility index (Phi) is 3.76. The number of benzene rings is 1. The van der Waals surface area contributed by atoms with Crippen molar-refractivity contribution in [3.8, 4) is 0 Å². The molecule has 3 rings (SSSR count). The minimum Gasteiger partial charge on any atom is -0.390 e. The summed E-state index contributed by atoms with van der Waals surface area (Å²) in [4.78, 5) is 14.9. The molecule has 0 aromatic heterocycles. The van der Waals surface area contributed by atoms with Gasteiger partial charge >= 0.3 is 0 Å². The molecular formula is C13H14N4O4. The smallest absolute Gasteiger partial charge is 0.251 e. The van der Waals surface area contributed by atoms with Crippen molar-refractivity contribution in [3.05, 3.63) is 46.3 Å². The molecule has 8 nitrogen and oxygen atoms in total. The number of rotatable bonds is 3. The van der Waals surface area contributed by atoms with Crippen LogP contribution in [0.3, 0.4) is 0 Å². The van der Waals surface area contributed by atoms with Gasteiger partial charge in [0.2, 0.25) is 0 Å². The van der Waals surface area contributed by atoms with Crippen molar-refractivity contribution < 1.29 is 19.4 Å². The van der Waals surface area contributed by atoms with E-state index < -0.39 is 30.6 Å². The standard InChI is InChI=1S/C13H14N4O4/c14-17-16-9-8-6-20-13(21-8)10(11(9)18)15-12(19)7-4-2-1-3-5-7/h1-5,8-11,13,18H,6H2,(H,15,19). The van der Waals surface area contributed by atoms with E-state index in [0.717, 1.165) is 0 Å². The lowest BCUT2D eigenvalue weighted by Gasteiger charge is -2.36. The van der Waals surface area contributed by atoms with Gasteiger partial charge in [0.25, 0.3) is 5.91 Å². The Morgan fingerprint density at radius 3 is 2.90 bits per heavy atom. The van der Waals surface area contributed by atoms with E-state index in [4.69, 9.17) is 15.0 Å². The largest absolute Gasteiger partial charge is 0.390 e. The molecule has 2 N–H and O–H groups in total. The monoisotopic (exact) mass is 290 g/mol. The van der Waals surface area contributed by atoms with E-state index in [2.05, 4.69) is 15.3 Å². The molecule has 1 aromatic rings. The van der Waals surface area contributed by atoms with E-state index in [1.54, 1.807) is 30.3 Å². The van der Waals surface area contributed by atoms with Crippen molar-refractivity contribution in [2.24, 2.45) is 5.11 Å². The number of amides is 1. The topological polar surface area (TPSA) is 117 Å². The third kappa shape index (κ3) is 2.57. The molecule has 0 saturated carbocycles. The van der Waals surface area contributed by atoms with Crippen LogP contribution < -0.4 is 5.32 Å². The molecule has 21 heavy (non-hydrogen) atoms. The van der Waals surface area contributed by atoms with E-state index >= 15 is 0 Å². The summed E-state index contributed by atoms with van der Waals surface area (Å²) in [6.07, 6.45) is -2.27. The highest BCUT2D eigenvalue weighted by molar-refractivity contribution is 5.94. The summed E-state index contributed by atoms with van der Waals surface area (Å²) in [6, 6.07) is 7.05. The molecule has 8 heteroatoms. The van der Waals surface area contributed by atoms with Gasteiger partial charge in [-0.25, -0.2) is 0 Å². The van der Waals surface area contributed by atoms with Gasteiger partial charge < -0.3 is 19.9 Å². The van der Waals surface area contributed by atoms with Crippen molar-refractivity contribution in [1.82, 2.24) is 5.32 Å². The molecule has 5 atom stereocenters. The third-order valence-electron chi connectivity index (χ3n) is 3.64. The lowest BCUT2D eigenvalue weighted by atomic mass is 9.96. The predicted molar refractivity (Wildman–Crippen MR) is 71.3 cm³/mol. The number of aliphatic hydroxyl groups excluding tert-OH is 1. The second kappa shape index (κ2) is 5.71. The van der Waals surface area contributed by atoms with Crippen molar-refractivity contribution in [1.29, 1.82) is 0 Å². The average Bonchev–Trinajstić information content (AvgIpc) is 2.95. The number of carbonyl (C=O) groups excluding carboxylic acids is 1. The number of nitrogens with one attached hydrogen (secondary N) is 1. The Morgan fingerprint density at radius 2 is 2.19 bits per heavy atom. The molecule has 5 unspecified atom stereocenters. The van der Waals surface area contributed by atoms with Gasteiger partial charge in [-0.1, -0.05) is 23.3 Å². The Labute approximate surface area is 120 Å². The minimum atomic E-state index is -1.06. The molecule has 2 aliphatic heterocycles. The van der Waals surface area contributed by atoms with Crippen LogP contribution in [0.1, 0.15) is 10.4 Å². The van der Waals surface area contributed by atoms with Crippen LogP contribution in [0, 0.1) is 0 Å². The minimum absolute atomic E-state index is 0.225. The molecule has 2 fully saturated rings. The zero-order valence-corrected chi connectivity index (χ0v) is 11.0. The second-order valence-electron chi connectivity index (χ2n) is 4.93. The van der Waals surface area contributed by atoms with Crippen LogP contribution in [0.5, 0.6) is 0 Å². The number of aliphatic hydroxyl groups is 1. The number of ether oxygens (including phenoxy) is 2. The molecule has 1 aromatic carbocycles. The summed E-state index contributed by atoms with van der Waals surface area (Å²) in [5, 5.41) is 16.5. The highest BCUT2D eigenvalue weighted by Crippen LogP contribution is 2.30. The fourth-order valence-corrected chi connectivity index (χ4v) is 2.58. The molecule has 2 bridgehead atoms.